The number of likely N-dealkylation sites (tertiary alicyclic amines) is 1. The first-order chi connectivity index (χ1) is 12.7. The molecule has 3 aliphatic heterocycles. The van der Waals surface area contributed by atoms with E-state index in [9.17, 15) is 9.59 Å². The van der Waals surface area contributed by atoms with Crippen molar-refractivity contribution in [1.82, 2.24) is 14.7 Å². The maximum atomic E-state index is 12.4. The number of hydrogen-bond donors (Lipinski definition) is 0. The van der Waals surface area contributed by atoms with Crippen molar-refractivity contribution in [3.05, 3.63) is 29.8 Å². The molecule has 2 saturated heterocycles. The van der Waals surface area contributed by atoms with Crippen molar-refractivity contribution in [3.63, 3.8) is 0 Å². The molecule has 0 unspecified atom stereocenters. The lowest BCUT2D eigenvalue weighted by Gasteiger charge is -2.36. The van der Waals surface area contributed by atoms with Crippen LogP contribution in [-0.2, 0) is 4.79 Å². The summed E-state index contributed by atoms with van der Waals surface area (Å²) in [5.41, 5.74) is 0.894. The molecule has 26 heavy (non-hydrogen) atoms. The summed E-state index contributed by atoms with van der Waals surface area (Å²) < 4.78 is 10.6. The minimum absolute atomic E-state index is 0.0315. The van der Waals surface area contributed by atoms with Gasteiger partial charge in [0.25, 0.3) is 0 Å². The van der Waals surface area contributed by atoms with E-state index in [4.69, 9.17) is 9.47 Å². The van der Waals surface area contributed by atoms with Crippen LogP contribution in [0.1, 0.15) is 18.4 Å². The first-order valence-electron chi connectivity index (χ1n) is 9.11. The van der Waals surface area contributed by atoms with Crippen LogP contribution in [0.5, 0.6) is 11.5 Å². The van der Waals surface area contributed by atoms with Crippen molar-refractivity contribution < 1.29 is 19.1 Å². The van der Waals surface area contributed by atoms with E-state index in [0.29, 0.717) is 31.9 Å². The fourth-order valence-corrected chi connectivity index (χ4v) is 3.52. The lowest BCUT2D eigenvalue weighted by atomic mass is 10.2. The van der Waals surface area contributed by atoms with E-state index in [1.807, 2.05) is 28.0 Å². The molecule has 138 valence electrons. The number of fused-ring (bicyclic) bond motifs is 1. The van der Waals surface area contributed by atoms with Gasteiger partial charge in [-0.3, -0.25) is 4.79 Å². The van der Waals surface area contributed by atoms with Crippen molar-refractivity contribution in [2.75, 3.05) is 46.1 Å². The lowest BCUT2D eigenvalue weighted by Crippen LogP contribution is -2.53. The Balaban J connectivity index is 1.30. The molecule has 0 saturated carbocycles. The van der Waals surface area contributed by atoms with Crippen LogP contribution in [0.25, 0.3) is 6.08 Å². The molecule has 3 heterocycles. The Labute approximate surface area is 152 Å². The Morgan fingerprint density at radius 1 is 0.846 bits per heavy atom. The molecule has 0 aromatic heterocycles. The molecule has 2 fully saturated rings. The van der Waals surface area contributed by atoms with Gasteiger partial charge in [-0.1, -0.05) is 6.07 Å². The minimum atomic E-state index is -0.0315. The standard InChI is InChI=1S/C19H23N3O4/c23-18(6-4-15-3-5-16-17(13-15)26-14-25-16)20-9-11-22(12-10-20)19(24)21-7-1-2-8-21/h3-6,13H,1-2,7-12,14H2/b6-4+. The first kappa shape index (κ1) is 16.8. The number of rotatable bonds is 2. The fourth-order valence-electron chi connectivity index (χ4n) is 3.52. The quantitative estimate of drug-likeness (QED) is 0.757. The van der Waals surface area contributed by atoms with E-state index >= 15 is 0 Å². The van der Waals surface area contributed by atoms with E-state index < -0.39 is 0 Å². The number of urea groups is 1. The minimum Gasteiger partial charge on any atom is -0.454 e. The van der Waals surface area contributed by atoms with Gasteiger partial charge >= 0.3 is 6.03 Å². The number of hydrogen-bond acceptors (Lipinski definition) is 4. The Morgan fingerprint density at radius 3 is 2.27 bits per heavy atom. The van der Waals surface area contributed by atoms with Gasteiger partial charge in [0, 0.05) is 45.3 Å². The highest BCUT2D eigenvalue weighted by molar-refractivity contribution is 5.92. The number of piperazine rings is 1. The molecule has 1 aromatic rings. The molecule has 4 rings (SSSR count). The molecule has 0 radical (unpaired) electrons. The van der Waals surface area contributed by atoms with Gasteiger partial charge in [0.1, 0.15) is 0 Å². The average molecular weight is 357 g/mol. The maximum absolute atomic E-state index is 12.4. The summed E-state index contributed by atoms with van der Waals surface area (Å²) in [6.07, 6.45) is 5.55. The predicted molar refractivity (Wildman–Crippen MR) is 96.0 cm³/mol. The molecule has 3 amide bonds. The van der Waals surface area contributed by atoms with Crippen LogP contribution in [0, 0.1) is 0 Å². The number of nitrogens with zero attached hydrogens (tertiary/aromatic N) is 3. The van der Waals surface area contributed by atoms with Gasteiger partial charge in [-0.15, -0.1) is 0 Å². The monoisotopic (exact) mass is 357 g/mol. The Bertz CT molecular complexity index is 719. The summed E-state index contributed by atoms with van der Waals surface area (Å²) in [7, 11) is 0. The average Bonchev–Trinajstić information content (AvgIpc) is 3.37. The van der Waals surface area contributed by atoms with Crippen molar-refractivity contribution >= 4 is 18.0 Å². The maximum Gasteiger partial charge on any atom is 0.320 e. The van der Waals surface area contributed by atoms with Crippen LogP contribution in [0.3, 0.4) is 0 Å². The van der Waals surface area contributed by atoms with E-state index in [0.717, 1.165) is 37.2 Å². The van der Waals surface area contributed by atoms with E-state index in [1.54, 1.807) is 17.1 Å². The third-order valence-electron chi connectivity index (χ3n) is 5.05. The van der Waals surface area contributed by atoms with Crippen molar-refractivity contribution in [2.45, 2.75) is 12.8 Å². The largest absolute Gasteiger partial charge is 0.454 e. The van der Waals surface area contributed by atoms with Crippen LogP contribution in [0.4, 0.5) is 4.79 Å². The highest BCUT2D eigenvalue weighted by Gasteiger charge is 2.27. The second kappa shape index (κ2) is 7.27. The summed E-state index contributed by atoms with van der Waals surface area (Å²) in [4.78, 5) is 30.4. The Hall–Kier alpha value is -2.70. The fraction of sp³-hybridized carbons (Fsp3) is 0.474. The predicted octanol–water partition coefficient (Wildman–Crippen LogP) is 1.79. The summed E-state index contributed by atoms with van der Waals surface area (Å²) in [5, 5.41) is 0. The lowest BCUT2D eigenvalue weighted by molar-refractivity contribution is -0.127. The van der Waals surface area contributed by atoms with Crippen molar-refractivity contribution in [3.8, 4) is 11.5 Å². The molecular weight excluding hydrogens is 334 g/mol. The molecule has 3 aliphatic rings. The number of ether oxygens (including phenoxy) is 2. The molecule has 7 nitrogen and oxygen atoms in total. The first-order valence-corrected chi connectivity index (χ1v) is 9.11. The van der Waals surface area contributed by atoms with Crippen LogP contribution in [0.2, 0.25) is 0 Å². The van der Waals surface area contributed by atoms with Crippen LogP contribution < -0.4 is 9.47 Å². The van der Waals surface area contributed by atoms with Gasteiger partial charge in [-0.2, -0.15) is 0 Å². The third kappa shape index (κ3) is 3.47. The summed E-state index contributed by atoms with van der Waals surface area (Å²) in [6, 6.07) is 5.71. The van der Waals surface area contributed by atoms with Gasteiger partial charge in [0.15, 0.2) is 11.5 Å². The smallest absolute Gasteiger partial charge is 0.320 e. The van der Waals surface area contributed by atoms with E-state index in [1.165, 1.54) is 0 Å². The molecule has 0 aliphatic carbocycles. The van der Waals surface area contributed by atoms with Gasteiger partial charge < -0.3 is 24.2 Å². The topological polar surface area (TPSA) is 62.3 Å². The molecule has 7 heteroatoms. The number of benzene rings is 1. The number of carbonyl (C=O) groups is 2. The van der Waals surface area contributed by atoms with Crippen LogP contribution in [-0.4, -0.2) is 72.7 Å². The molecule has 0 N–H and O–H groups in total. The van der Waals surface area contributed by atoms with Gasteiger partial charge in [-0.25, -0.2) is 4.79 Å². The zero-order chi connectivity index (χ0) is 17.9. The molecule has 0 spiro atoms. The van der Waals surface area contributed by atoms with Crippen molar-refractivity contribution in [1.29, 1.82) is 0 Å². The van der Waals surface area contributed by atoms with Crippen LogP contribution >= 0.6 is 0 Å². The molecular formula is C19H23N3O4. The zero-order valence-electron chi connectivity index (χ0n) is 14.7. The van der Waals surface area contributed by atoms with Crippen LogP contribution in [0.15, 0.2) is 24.3 Å². The summed E-state index contributed by atoms with van der Waals surface area (Å²) in [5.74, 6) is 1.40. The van der Waals surface area contributed by atoms with Gasteiger partial charge in [0.05, 0.1) is 0 Å². The summed E-state index contributed by atoms with van der Waals surface area (Å²) >= 11 is 0. The molecule has 0 bridgehead atoms. The molecule has 1 aromatic carbocycles. The zero-order valence-corrected chi connectivity index (χ0v) is 14.7. The number of carbonyl (C=O) groups excluding carboxylic acids is 2. The van der Waals surface area contributed by atoms with E-state index in [-0.39, 0.29) is 18.7 Å². The molecule has 0 atom stereocenters. The SMILES string of the molecule is O=C(/C=C/c1ccc2c(c1)OCO2)N1CCN(C(=O)N2CCCC2)CC1. The second-order valence-corrected chi connectivity index (χ2v) is 6.74. The van der Waals surface area contributed by atoms with E-state index in [2.05, 4.69) is 0 Å². The third-order valence-corrected chi connectivity index (χ3v) is 5.05. The second-order valence-electron chi connectivity index (χ2n) is 6.74. The number of amides is 3. The highest BCUT2D eigenvalue weighted by atomic mass is 16.7. The highest BCUT2D eigenvalue weighted by Crippen LogP contribution is 2.32. The Kier molecular flexibility index (Phi) is 4.69. The van der Waals surface area contributed by atoms with Crippen molar-refractivity contribution in [2.24, 2.45) is 0 Å². The van der Waals surface area contributed by atoms with Gasteiger partial charge in [-0.05, 0) is 36.6 Å². The summed E-state index contributed by atoms with van der Waals surface area (Å²) in [6.45, 7) is 4.29. The normalized spacial score (nSPS) is 19.5. The Morgan fingerprint density at radius 2 is 1.50 bits per heavy atom. The van der Waals surface area contributed by atoms with Gasteiger partial charge in [0.2, 0.25) is 12.7 Å².